The molecule has 0 spiro atoms. The minimum Gasteiger partial charge on any atom is -0.432 e. The SMILES string of the molecule is CCC(C)(C)c1ccc(C(=O)OC(OC2CCCCC2)C(C)(C)C)cc1. The molecule has 3 heteroatoms. The second kappa shape index (κ2) is 8.56. The summed E-state index contributed by atoms with van der Waals surface area (Å²) in [7, 11) is 0. The molecule has 2 rings (SSSR count). The van der Waals surface area contributed by atoms with Crippen LogP contribution in [0.2, 0.25) is 0 Å². The van der Waals surface area contributed by atoms with E-state index in [1.807, 2.05) is 24.3 Å². The monoisotopic (exact) mass is 360 g/mol. The minimum absolute atomic E-state index is 0.112. The molecule has 1 aliphatic carbocycles. The Morgan fingerprint density at radius 3 is 2.12 bits per heavy atom. The molecule has 0 aliphatic heterocycles. The Labute approximate surface area is 159 Å². The average Bonchev–Trinajstić information content (AvgIpc) is 2.61. The van der Waals surface area contributed by atoms with E-state index >= 15 is 0 Å². The highest BCUT2D eigenvalue weighted by atomic mass is 16.7. The van der Waals surface area contributed by atoms with Gasteiger partial charge in [0.15, 0.2) is 0 Å². The Morgan fingerprint density at radius 2 is 1.62 bits per heavy atom. The maximum atomic E-state index is 12.7. The molecule has 1 fully saturated rings. The lowest BCUT2D eigenvalue weighted by Crippen LogP contribution is -2.38. The lowest BCUT2D eigenvalue weighted by Gasteiger charge is -2.34. The second-order valence-electron chi connectivity index (χ2n) is 9.31. The summed E-state index contributed by atoms with van der Waals surface area (Å²) in [5, 5.41) is 0. The van der Waals surface area contributed by atoms with Gasteiger partial charge in [-0.25, -0.2) is 4.79 Å². The summed E-state index contributed by atoms with van der Waals surface area (Å²) in [5.74, 6) is -0.304. The van der Waals surface area contributed by atoms with Crippen molar-refractivity contribution in [2.24, 2.45) is 5.41 Å². The summed E-state index contributed by atoms with van der Waals surface area (Å²) in [6, 6.07) is 7.81. The van der Waals surface area contributed by atoms with Gasteiger partial charge in [-0.2, -0.15) is 0 Å². The first-order valence-corrected chi connectivity index (χ1v) is 10.1. The molecular formula is C23H36O3. The van der Waals surface area contributed by atoms with Gasteiger partial charge in [0, 0.05) is 5.41 Å². The second-order valence-corrected chi connectivity index (χ2v) is 9.31. The van der Waals surface area contributed by atoms with Crippen molar-refractivity contribution in [3.63, 3.8) is 0 Å². The molecule has 26 heavy (non-hydrogen) atoms. The van der Waals surface area contributed by atoms with Crippen LogP contribution >= 0.6 is 0 Å². The van der Waals surface area contributed by atoms with Gasteiger partial charge >= 0.3 is 5.97 Å². The molecular weight excluding hydrogens is 324 g/mol. The Bertz CT molecular complexity index is 574. The Morgan fingerprint density at radius 1 is 1.04 bits per heavy atom. The molecule has 1 unspecified atom stereocenters. The summed E-state index contributed by atoms with van der Waals surface area (Å²) in [4.78, 5) is 12.7. The number of hydrogen-bond acceptors (Lipinski definition) is 3. The Kier molecular flexibility index (Phi) is 6.90. The molecule has 1 atom stereocenters. The van der Waals surface area contributed by atoms with Crippen LogP contribution in [0.15, 0.2) is 24.3 Å². The van der Waals surface area contributed by atoms with Crippen molar-refractivity contribution < 1.29 is 14.3 Å². The van der Waals surface area contributed by atoms with E-state index in [1.54, 1.807) is 0 Å². The molecule has 0 bridgehead atoms. The van der Waals surface area contributed by atoms with Gasteiger partial charge < -0.3 is 9.47 Å². The zero-order valence-electron chi connectivity index (χ0n) is 17.4. The number of carbonyl (C=O) groups excluding carboxylic acids is 1. The number of ether oxygens (including phenoxy) is 2. The molecule has 0 amide bonds. The Balaban J connectivity index is 2.06. The van der Waals surface area contributed by atoms with Crippen molar-refractivity contribution >= 4 is 5.97 Å². The average molecular weight is 361 g/mol. The molecule has 146 valence electrons. The van der Waals surface area contributed by atoms with Crippen LogP contribution in [0.5, 0.6) is 0 Å². The quantitative estimate of drug-likeness (QED) is 0.444. The van der Waals surface area contributed by atoms with E-state index in [1.165, 1.54) is 24.8 Å². The molecule has 0 N–H and O–H groups in total. The number of esters is 1. The summed E-state index contributed by atoms with van der Waals surface area (Å²) >= 11 is 0. The first-order valence-electron chi connectivity index (χ1n) is 10.1. The van der Waals surface area contributed by atoms with Crippen molar-refractivity contribution in [2.45, 2.75) is 97.9 Å². The topological polar surface area (TPSA) is 35.5 Å². The fraction of sp³-hybridized carbons (Fsp3) is 0.696. The highest BCUT2D eigenvalue weighted by Gasteiger charge is 2.32. The van der Waals surface area contributed by atoms with Gasteiger partial charge in [-0.05, 0) is 42.4 Å². The van der Waals surface area contributed by atoms with Crippen LogP contribution < -0.4 is 0 Å². The highest BCUT2D eigenvalue weighted by Crippen LogP contribution is 2.30. The number of benzene rings is 1. The number of hydrogen-bond donors (Lipinski definition) is 0. The maximum Gasteiger partial charge on any atom is 0.340 e. The van der Waals surface area contributed by atoms with Gasteiger partial charge in [0.1, 0.15) is 0 Å². The van der Waals surface area contributed by atoms with E-state index in [0.717, 1.165) is 19.3 Å². The largest absolute Gasteiger partial charge is 0.432 e. The van der Waals surface area contributed by atoms with Crippen molar-refractivity contribution in [1.82, 2.24) is 0 Å². The highest BCUT2D eigenvalue weighted by molar-refractivity contribution is 5.89. The number of carbonyl (C=O) groups is 1. The van der Waals surface area contributed by atoms with Crippen LogP contribution in [0.1, 0.15) is 96.0 Å². The normalized spacial score (nSPS) is 17.8. The smallest absolute Gasteiger partial charge is 0.340 e. The van der Waals surface area contributed by atoms with E-state index in [2.05, 4.69) is 41.5 Å². The van der Waals surface area contributed by atoms with Gasteiger partial charge in [-0.1, -0.05) is 72.9 Å². The van der Waals surface area contributed by atoms with Gasteiger partial charge in [-0.3, -0.25) is 0 Å². The van der Waals surface area contributed by atoms with E-state index in [0.29, 0.717) is 5.56 Å². The molecule has 1 aliphatic rings. The fourth-order valence-electron chi connectivity index (χ4n) is 3.21. The van der Waals surface area contributed by atoms with Gasteiger partial charge in [-0.15, -0.1) is 0 Å². The van der Waals surface area contributed by atoms with Crippen LogP contribution in [0, 0.1) is 5.41 Å². The van der Waals surface area contributed by atoms with E-state index in [4.69, 9.17) is 9.47 Å². The summed E-state index contributed by atoms with van der Waals surface area (Å²) in [5.41, 5.74) is 1.68. The standard InChI is InChI=1S/C23H36O3/c1-7-23(5,6)18-15-13-17(14-16-18)20(24)26-21(22(2,3)4)25-19-11-9-8-10-12-19/h13-16,19,21H,7-12H2,1-6H3. The lowest BCUT2D eigenvalue weighted by molar-refractivity contribution is -0.194. The van der Waals surface area contributed by atoms with Crippen LogP contribution in [0.4, 0.5) is 0 Å². The van der Waals surface area contributed by atoms with Crippen molar-refractivity contribution in [1.29, 1.82) is 0 Å². The third-order valence-corrected chi connectivity index (χ3v) is 5.58. The molecule has 0 heterocycles. The molecule has 0 aromatic heterocycles. The van der Waals surface area contributed by atoms with Gasteiger partial charge in [0.2, 0.25) is 6.29 Å². The van der Waals surface area contributed by atoms with Crippen molar-refractivity contribution in [2.75, 3.05) is 0 Å². The lowest BCUT2D eigenvalue weighted by atomic mass is 9.82. The van der Waals surface area contributed by atoms with Crippen LogP contribution in [-0.4, -0.2) is 18.4 Å². The van der Waals surface area contributed by atoms with E-state index in [9.17, 15) is 4.79 Å². The van der Waals surface area contributed by atoms with Gasteiger partial charge in [0.05, 0.1) is 11.7 Å². The number of rotatable bonds is 6. The van der Waals surface area contributed by atoms with Crippen molar-refractivity contribution in [3.8, 4) is 0 Å². The minimum atomic E-state index is -0.523. The van der Waals surface area contributed by atoms with Crippen LogP contribution in [0.25, 0.3) is 0 Å². The van der Waals surface area contributed by atoms with E-state index < -0.39 is 6.29 Å². The zero-order valence-corrected chi connectivity index (χ0v) is 17.4. The van der Waals surface area contributed by atoms with Crippen molar-refractivity contribution in [3.05, 3.63) is 35.4 Å². The van der Waals surface area contributed by atoms with Crippen LogP contribution in [-0.2, 0) is 14.9 Å². The zero-order chi connectivity index (χ0) is 19.4. The molecule has 0 radical (unpaired) electrons. The third-order valence-electron chi connectivity index (χ3n) is 5.58. The third kappa shape index (κ3) is 5.57. The summed E-state index contributed by atoms with van der Waals surface area (Å²) < 4.78 is 12.0. The molecule has 0 saturated heterocycles. The maximum absolute atomic E-state index is 12.7. The first-order chi connectivity index (χ1) is 12.1. The summed E-state index contributed by atoms with van der Waals surface area (Å²) in [6.07, 6.45) is 6.53. The molecule has 1 aromatic carbocycles. The predicted molar refractivity (Wildman–Crippen MR) is 106 cm³/mol. The predicted octanol–water partition coefficient (Wildman–Crippen LogP) is 6.25. The molecule has 3 nitrogen and oxygen atoms in total. The molecule has 1 saturated carbocycles. The van der Waals surface area contributed by atoms with Crippen LogP contribution in [0.3, 0.4) is 0 Å². The summed E-state index contributed by atoms with van der Waals surface area (Å²) in [6.45, 7) is 12.8. The fourth-order valence-corrected chi connectivity index (χ4v) is 3.21. The first kappa shape index (κ1) is 21.0. The molecule has 1 aromatic rings. The Hall–Kier alpha value is -1.35. The van der Waals surface area contributed by atoms with E-state index in [-0.39, 0.29) is 22.9 Å². The van der Waals surface area contributed by atoms with Gasteiger partial charge in [0.25, 0.3) is 0 Å².